The van der Waals surface area contributed by atoms with E-state index in [2.05, 4.69) is 4.98 Å². The number of nitrogens with zero attached hydrogens (tertiary/aromatic N) is 2. The molecule has 0 saturated carbocycles. The SMILES string of the molecule is Cl.NCc1ncn2ccc(Cl)cc12. The van der Waals surface area contributed by atoms with Gasteiger partial charge in [-0.15, -0.1) is 12.4 Å². The molecule has 0 aliphatic carbocycles. The lowest BCUT2D eigenvalue weighted by molar-refractivity contribution is 1.02. The molecule has 0 saturated heterocycles. The van der Waals surface area contributed by atoms with Gasteiger partial charge in [0.15, 0.2) is 0 Å². The van der Waals surface area contributed by atoms with E-state index in [4.69, 9.17) is 17.3 Å². The molecule has 0 amide bonds. The zero-order valence-electron chi connectivity index (χ0n) is 6.77. The van der Waals surface area contributed by atoms with E-state index in [0.717, 1.165) is 11.2 Å². The quantitative estimate of drug-likeness (QED) is 0.793. The fourth-order valence-electron chi connectivity index (χ4n) is 1.17. The Bertz CT molecular complexity index is 411. The Morgan fingerprint density at radius 2 is 2.31 bits per heavy atom. The molecule has 0 aromatic carbocycles. The first-order valence-corrected chi connectivity index (χ1v) is 4.00. The van der Waals surface area contributed by atoms with Crippen molar-refractivity contribution in [3.63, 3.8) is 0 Å². The molecule has 2 rings (SSSR count). The van der Waals surface area contributed by atoms with Gasteiger partial charge in [-0.3, -0.25) is 0 Å². The van der Waals surface area contributed by atoms with Crippen molar-refractivity contribution in [2.75, 3.05) is 0 Å². The summed E-state index contributed by atoms with van der Waals surface area (Å²) in [5.74, 6) is 0. The van der Waals surface area contributed by atoms with Crippen LogP contribution in [0, 0.1) is 0 Å². The van der Waals surface area contributed by atoms with Gasteiger partial charge in [0.05, 0.1) is 17.5 Å². The summed E-state index contributed by atoms with van der Waals surface area (Å²) in [4.78, 5) is 4.13. The van der Waals surface area contributed by atoms with Gasteiger partial charge < -0.3 is 10.1 Å². The smallest absolute Gasteiger partial charge is 0.0996 e. The Hall–Kier alpha value is -0.770. The van der Waals surface area contributed by atoms with Crippen molar-refractivity contribution in [1.29, 1.82) is 0 Å². The van der Waals surface area contributed by atoms with Gasteiger partial charge in [0.1, 0.15) is 0 Å². The van der Waals surface area contributed by atoms with Crippen molar-refractivity contribution >= 4 is 29.5 Å². The molecular weight excluding hydrogens is 209 g/mol. The van der Waals surface area contributed by atoms with Crippen LogP contribution in [0.5, 0.6) is 0 Å². The molecule has 0 unspecified atom stereocenters. The lowest BCUT2D eigenvalue weighted by Gasteiger charge is -1.95. The highest BCUT2D eigenvalue weighted by molar-refractivity contribution is 6.30. The molecule has 0 fully saturated rings. The summed E-state index contributed by atoms with van der Waals surface area (Å²) in [5, 5.41) is 0.706. The number of rotatable bonds is 1. The van der Waals surface area contributed by atoms with E-state index < -0.39 is 0 Å². The summed E-state index contributed by atoms with van der Waals surface area (Å²) in [6.07, 6.45) is 3.59. The molecule has 5 heteroatoms. The fourth-order valence-corrected chi connectivity index (χ4v) is 1.33. The lowest BCUT2D eigenvalue weighted by atomic mass is 10.3. The minimum atomic E-state index is 0. The fraction of sp³-hybridized carbons (Fsp3) is 0.125. The maximum absolute atomic E-state index is 5.82. The summed E-state index contributed by atoms with van der Waals surface area (Å²) >= 11 is 5.82. The average molecular weight is 218 g/mol. The van der Waals surface area contributed by atoms with Crippen LogP contribution < -0.4 is 5.73 Å². The highest BCUT2D eigenvalue weighted by Gasteiger charge is 2.01. The van der Waals surface area contributed by atoms with Crippen LogP contribution in [-0.4, -0.2) is 9.38 Å². The van der Waals surface area contributed by atoms with Crippen LogP contribution >= 0.6 is 24.0 Å². The lowest BCUT2D eigenvalue weighted by Crippen LogP contribution is -1.96. The third-order valence-corrected chi connectivity index (χ3v) is 2.01. The zero-order valence-corrected chi connectivity index (χ0v) is 8.35. The van der Waals surface area contributed by atoms with E-state index in [-0.39, 0.29) is 12.4 Å². The number of halogens is 2. The number of hydrogen-bond acceptors (Lipinski definition) is 2. The van der Waals surface area contributed by atoms with E-state index in [0.29, 0.717) is 11.6 Å². The third-order valence-electron chi connectivity index (χ3n) is 1.77. The van der Waals surface area contributed by atoms with E-state index in [1.54, 1.807) is 6.33 Å². The van der Waals surface area contributed by atoms with Crippen LogP contribution in [0.4, 0.5) is 0 Å². The first-order valence-electron chi connectivity index (χ1n) is 3.62. The first-order chi connectivity index (χ1) is 5.81. The van der Waals surface area contributed by atoms with Gasteiger partial charge in [0.2, 0.25) is 0 Å². The molecule has 2 N–H and O–H groups in total. The minimum Gasteiger partial charge on any atom is -0.325 e. The van der Waals surface area contributed by atoms with Crippen LogP contribution in [0.15, 0.2) is 24.7 Å². The summed E-state index contributed by atoms with van der Waals surface area (Å²) in [7, 11) is 0. The van der Waals surface area contributed by atoms with E-state index in [1.165, 1.54) is 0 Å². The Morgan fingerprint density at radius 3 is 3.00 bits per heavy atom. The molecule has 0 aliphatic rings. The number of hydrogen-bond donors (Lipinski definition) is 1. The van der Waals surface area contributed by atoms with Crippen molar-refractivity contribution in [2.24, 2.45) is 5.73 Å². The maximum atomic E-state index is 5.82. The van der Waals surface area contributed by atoms with Crippen molar-refractivity contribution in [3.05, 3.63) is 35.4 Å². The molecule has 2 aromatic rings. The Balaban J connectivity index is 0.000000845. The molecule has 3 nitrogen and oxygen atoms in total. The largest absolute Gasteiger partial charge is 0.325 e. The molecule has 2 aromatic heterocycles. The number of aromatic nitrogens is 2. The van der Waals surface area contributed by atoms with Crippen molar-refractivity contribution in [2.45, 2.75) is 6.54 Å². The summed E-state index contributed by atoms with van der Waals surface area (Å²) in [5.41, 5.74) is 7.34. The van der Waals surface area contributed by atoms with Crippen molar-refractivity contribution in [3.8, 4) is 0 Å². The number of nitrogens with two attached hydrogens (primary N) is 1. The number of fused-ring (bicyclic) bond motifs is 1. The molecule has 0 aliphatic heterocycles. The molecule has 0 atom stereocenters. The minimum absolute atomic E-state index is 0. The van der Waals surface area contributed by atoms with Crippen LogP contribution in [0.1, 0.15) is 5.69 Å². The van der Waals surface area contributed by atoms with Gasteiger partial charge in [-0.2, -0.15) is 0 Å². The highest BCUT2D eigenvalue weighted by Crippen LogP contribution is 2.14. The normalized spacial score (nSPS) is 10.0. The van der Waals surface area contributed by atoms with Gasteiger partial charge in [-0.05, 0) is 12.1 Å². The van der Waals surface area contributed by atoms with Crippen LogP contribution in [0.3, 0.4) is 0 Å². The number of pyridine rings is 1. The third kappa shape index (κ3) is 1.77. The zero-order chi connectivity index (χ0) is 8.55. The Labute approximate surface area is 86.9 Å². The van der Waals surface area contributed by atoms with E-state index in [9.17, 15) is 0 Å². The Kier molecular flexibility index (Phi) is 3.14. The van der Waals surface area contributed by atoms with Gasteiger partial charge in [-0.1, -0.05) is 11.6 Å². The monoisotopic (exact) mass is 217 g/mol. The predicted molar refractivity (Wildman–Crippen MR) is 55.3 cm³/mol. The second-order valence-corrected chi connectivity index (χ2v) is 2.97. The van der Waals surface area contributed by atoms with Crippen molar-refractivity contribution < 1.29 is 0 Å². The van der Waals surface area contributed by atoms with Gasteiger partial charge in [0, 0.05) is 17.8 Å². The molecular formula is C8H9Cl2N3. The molecule has 70 valence electrons. The maximum Gasteiger partial charge on any atom is 0.0996 e. The first kappa shape index (κ1) is 10.3. The molecule has 13 heavy (non-hydrogen) atoms. The molecule has 0 bridgehead atoms. The average Bonchev–Trinajstić information content (AvgIpc) is 2.46. The molecule has 0 spiro atoms. The second-order valence-electron chi connectivity index (χ2n) is 2.53. The van der Waals surface area contributed by atoms with Crippen LogP contribution in [0.2, 0.25) is 5.02 Å². The summed E-state index contributed by atoms with van der Waals surface area (Å²) < 4.78 is 1.90. The second kappa shape index (κ2) is 3.96. The van der Waals surface area contributed by atoms with Gasteiger partial charge in [-0.25, -0.2) is 4.98 Å². The predicted octanol–water partition coefficient (Wildman–Crippen LogP) is 1.87. The van der Waals surface area contributed by atoms with Gasteiger partial charge >= 0.3 is 0 Å². The standard InChI is InChI=1S/C8H8ClN3.ClH/c9-6-1-2-12-5-11-7(4-10)8(12)3-6;/h1-3,5H,4,10H2;1H. The Morgan fingerprint density at radius 1 is 1.54 bits per heavy atom. The van der Waals surface area contributed by atoms with Crippen LogP contribution in [-0.2, 0) is 6.54 Å². The highest BCUT2D eigenvalue weighted by atomic mass is 35.5. The number of imidazole rings is 1. The molecule has 0 radical (unpaired) electrons. The summed E-state index contributed by atoms with van der Waals surface area (Å²) in [6, 6.07) is 3.67. The topological polar surface area (TPSA) is 43.3 Å². The van der Waals surface area contributed by atoms with E-state index in [1.807, 2.05) is 22.7 Å². The van der Waals surface area contributed by atoms with E-state index >= 15 is 0 Å². The van der Waals surface area contributed by atoms with Crippen LogP contribution in [0.25, 0.3) is 5.52 Å². The van der Waals surface area contributed by atoms with Crippen molar-refractivity contribution in [1.82, 2.24) is 9.38 Å². The molecule has 2 heterocycles. The summed E-state index contributed by atoms with van der Waals surface area (Å²) in [6.45, 7) is 0.441. The van der Waals surface area contributed by atoms with Gasteiger partial charge in [0.25, 0.3) is 0 Å².